The fraction of sp³-hybridized carbons (Fsp3) is 0.400. The van der Waals surface area contributed by atoms with E-state index in [4.69, 9.17) is 4.74 Å². The third-order valence-corrected chi connectivity index (χ3v) is 4.81. The zero-order valence-electron chi connectivity index (χ0n) is 14.1. The van der Waals surface area contributed by atoms with Crippen LogP contribution >= 0.6 is 0 Å². The van der Waals surface area contributed by atoms with Gasteiger partial charge < -0.3 is 15.4 Å². The highest BCUT2D eigenvalue weighted by atomic mass is 16.5. The minimum absolute atomic E-state index is 0.751. The van der Waals surface area contributed by atoms with Crippen LogP contribution in [-0.2, 0) is 30.8 Å². The van der Waals surface area contributed by atoms with Gasteiger partial charge in [-0.2, -0.15) is 0 Å². The smallest absolute Gasteiger partial charge is 0.0725 e. The summed E-state index contributed by atoms with van der Waals surface area (Å²) in [6.07, 6.45) is 5.15. The summed E-state index contributed by atoms with van der Waals surface area (Å²) < 4.78 is 5.51. The molecule has 3 nitrogen and oxygen atoms in total. The molecule has 0 atom stereocenters. The zero-order valence-corrected chi connectivity index (χ0v) is 14.1. The first-order valence-corrected chi connectivity index (χ1v) is 8.44. The summed E-state index contributed by atoms with van der Waals surface area (Å²) >= 11 is 0. The molecule has 1 aliphatic carbocycles. The highest BCUT2D eigenvalue weighted by Crippen LogP contribution is 2.31. The molecule has 0 aromatic heterocycles. The van der Waals surface area contributed by atoms with E-state index in [1.807, 2.05) is 0 Å². The molecule has 4 rings (SSSR count). The van der Waals surface area contributed by atoms with E-state index in [0.29, 0.717) is 0 Å². The van der Waals surface area contributed by atoms with Gasteiger partial charge in [0, 0.05) is 18.4 Å². The molecule has 0 bridgehead atoms. The van der Waals surface area contributed by atoms with Crippen molar-refractivity contribution in [2.45, 2.75) is 38.9 Å². The number of aryl methyl sites for hydroxylation is 2. The molecule has 3 heteroatoms. The second-order valence-electron chi connectivity index (χ2n) is 6.16. The molecule has 0 unspecified atom stereocenters. The number of fused-ring (bicyclic) bond motifs is 2. The summed E-state index contributed by atoms with van der Waals surface area (Å²) in [6.45, 7) is 1.51. The van der Waals surface area contributed by atoms with E-state index in [1.54, 1.807) is 5.56 Å². The lowest BCUT2D eigenvalue weighted by Gasteiger charge is -2.23. The summed E-state index contributed by atoms with van der Waals surface area (Å²) in [5.41, 5.74) is 12.8. The molecule has 0 fully saturated rings. The van der Waals surface area contributed by atoms with E-state index in [0.717, 1.165) is 13.2 Å². The molecular weight excluding hydrogens is 284 g/mol. The largest absolute Gasteiger partial charge is 0.372 e. The minimum Gasteiger partial charge on any atom is -0.372 e. The number of rotatable bonds is 2. The van der Waals surface area contributed by atoms with Crippen molar-refractivity contribution >= 4 is 11.4 Å². The Balaban J connectivity index is 0.000000753. The van der Waals surface area contributed by atoms with E-state index < -0.39 is 0 Å². The molecule has 0 spiro atoms. The normalized spacial score (nSPS) is 15.3. The minimum atomic E-state index is 0.751. The number of ether oxygens (including phenoxy) is 1. The second kappa shape index (κ2) is 7.16. The second-order valence-corrected chi connectivity index (χ2v) is 6.16. The first-order valence-electron chi connectivity index (χ1n) is 8.44. The third-order valence-electron chi connectivity index (χ3n) is 4.81. The van der Waals surface area contributed by atoms with Gasteiger partial charge in [0.05, 0.1) is 13.2 Å². The topological polar surface area (TPSA) is 38.5 Å². The molecule has 2 aliphatic rings. The number of benzene rings is 2. The van der Waals surface area contributed by atoms with Gasteiger partial charge in [-0.25, -0.2) is 0 Å². The average molecular weight is 310 g/mol. The summed E-state index contributed by atoms with van der Waals surface area (Å²) in [7, 11) is 3.65. The van der Waals surface area contributed by atoms with E-state index in [-0.39, 0.29) is 0 Å². The Hall–Kier alpha value is -1.84. The van der Waals surface area contributed by atoms with Crippen LogP contribution in [-0.4, -0.2) is 14.1 Å². The highest BCUT2D eigenvalue weighted by molar-refractivity contribution is 5.65. The fourth-order valence-corrected chi connectivity index (χ4v) is 3.44. The molecular formula is C20H26N2O. The standard InChI is InChI=1S/C19H21NO.CH5N/c1-20(19-9-7-16-12-21-13-17(16)11-19)18-8-6-14-4-2-3-5-15(14)10-18;1-2/h6-11H,2-5,12-13H2,1H3;2H2,1H3. The molecule has 1 heterocycles. The molecule has 0 amide bonds. The average Bonchev–Trinajstić information content (AvgIpc) is 3.10. The molecule has 0 saturated heterocycles. The molecule has 23 heavy (non-hydrogen) atoms. The summed E-state index contributed by atoms with van der Waals surface area (Å²) in [4.78, 5) is 2.29. The van der Waals surface area contributed by atoms with Gasteiger partial charge in [-0.15, -0.1) is 0 Å². The lowest BCUT2D eigenvalue weighted by atomic mass is 9.91. The van der Waals surface area contributed by atoms with Gasteiger partial charge in [-0.05, 0) is 79.3 Å². The fourth-order valence-electron chi connectivity index (χ4n) is 3.44. The van der Waals surface area contributed by atoms with Crippen molar-refractivity contribution < 1.29 is 4.74 Å². The molecule has 122 valence electrons. The van der Waals surface area contributed by atoms with Crippen LogP contribution in [0.15, 0.2) is 36.4 Å². The molecule has 2 N–H and O–H groups in total. The number of hydrogen-bond donors (Lipinski definition) is 1. The maximum atomic E-state index is 5.51. The Morgan fingerprint density at radius 3 is 2.09 bits per heavy atom. The molecule has 1 aliphatic heterocycles. The van der Waals surface area contributed by atoms with Gasteiger partial charge in [-0.3, -0.25) is 0 Å². The number of anilines is 2. The van der Waals surface area contributed by atoms with Crippen LogP contribution in [0.25, 0.3) is 0 Å². The van der Waals surface area contributed by atoms with Crippen molar-refractivity contribution in [1.29, 1.82) is 0 Å². The maximum Gasteiger partial charge on any atom is 0.0725 e. The van der Waals surface area contributed by atoms with Crippen LogP contribution in [0.1, 0.15) is 35.1 Å². The van der Waals surface area contributed by atoms with Gasteiger partial charge in [0.15, 0.2) is 0 Å². The van der Waals surface area contributed by atoms with Gasteiger partial charge in [-0.1, -0.05) is 12.1 Å². The van der Waals surface area contributed by atoms with Gasteiger partial charge in [0.25, 0.3) is 0 Å². The third kappa shape index (κ3) is 3.26. The molecule has 0 saturated carbocycles. The van der Waals surface area contributed by atoms with E-state index in [2.05, 4.69) is 54.1 Å². The lowest BCUT2D eigenvalue weighted by molar-refractivity contribution is 0.134. The first kappa shape index (κ1) is 16.0. The van der Waals surface area contributed by atoms with Crippen LogP contribution in [0.4, 0.5) is 11.4 Å². The number of nitrogens with zero attached hydrogens (tertiary/aromatic N) is 1. The van der Waals surface area contributed by atoms with Crippen molar-refractivity contribution in [3.63, 3.8) is 0 Å². The lowest BCUT2D eigenvalue weighted by Crippen LogP contribution is -2.11. The number of hydrogen-bond acceptors (Lipinski definition) is 3. The van der Waals surface area contributed by atoms with E-state index in [1.165, 1.54) is 60.8 Å². The van der Waals surface area contributed by atoms with E-state index in [9.17, 15) is 0 Å². The van der Waals surface area contributed by atoms with Crippen LogP contribution in [0.2, 0.25) is 0 Å². The molecule has 0 radical (unpaired) electrons. The van der Waals surface area contributed by atoms with Crippen molar-refractivity contribution in [3.05, 3.63) is 58.7 Å². The Bertz CT molecular complexity index is 681. The van der Waals surface area contributed by atoms with Crippen LogP contribution in [0, 0.1) is 0 Å². The Labute approximate surface area is 139 Å². The SMILES string of the molecule is CN.CN(c1ccc2c(c1)CCCC2)c1ccc2c(c1)COC2. The Morgan fingerprint density at radius 2 is 1.35 bits per heavy atom. The van der Waals surface area contributed by atoms with Gasteiger partial charge >= 0.3 is 0 Å². The van der Waals surface area contributed by atoms with Crippen molar-refractivity contribution in [1.82, 2.24) is 0 Å². The predicted molar refractivity (Wildman–Crippen MR) is 96.2 cm³/mol. The quantitative estimate of drug-likeness (QED) is 0.913. The van der Waals surface area contributed by atoms with Crippen molar-refractivity contribution in [3.8, 4) is 0 Å². The number of nitrogens with two attached hydrogens (primary N) is 1. The van der Waals surface area contributed by atoms with Crippen LogP contribution < -0.4 is 10.6 Å². The van der Waals surface area contributed by atoms with Gasteiger partial charge in [0.2, 0.25) is 0 Å². The molecule has 2 aromatic carbocycles. The van der Waals surface area contributed by atoms with Crippen LogP contribution in [0.5, 0.6) is 0 Å². The zero-order chi connectivity index (χ0) is 16.2. The van der Waals surface area contributed by atoms with Crippen molar-refractivity contribution in [2.24, 2.45) is 5.73 Å². The Kier molecular flexibility index (Phi) is 4.99. The molecule has 2 aromatic rings. The summed E-state index contributed by atoms with van der Waals surface area (Å²) in [5, 5.41) is 0. The maximum absolute atomic E-state index is 5.51. The monoisotopic (exact) mass is 310 g/mol. The Morgan fingerprint density at radius 1 is 0.783 bits per heavy atom. The van der Waals surface area contributed by atoms with Crippen LogP contribution in [0.3, 0.4) is 0 Å². The predicted octanol–water partition coefficient (Wildman–Crippen LogP) is 3.94. The summed E-state index contributed by atoms with van der Waals surface area (Å²) in [6, 6.07) is 13.6. The highest BCUT2D eigenvalue weighted by Gasteiger charge is 2.15. The van der Waals surface area contributed by atoms with Gasteiger partial charge in [0.1, 0.15) is 0 Å². The summed E-state index contributed by atoms with van der Waals surface area (Å²) in [5.74, 6) is 0. The van der Waals surface area contributed by atoms with Crippen molar-refractivity contribution in [2.75, 3.05) is 19.0 Å². The van der Waals surface area contributed by atoms with E-state index >= 15 is 0 Å². The first-order chi connectivity index (χ1) is 11.3.